The van der Waals surface area contributed by atoms with E-state index in [1.165, 1.54) is 7.11 Å². The monoisotopic (exact) mass is 238 g/mol. The molecule has 1 saturated carbocycles. The predicted molar refractivity (Wildman–Crippen MR) is 61.1 cm³/mol. The SMILES string of the molecule is COC(=O)NCC1CCC(C(=O)CC#N)CC1. The Morgan fingerprint density at radius 2 is 2.00 bits per heavy atom. The highest BCUT2D eigenvalue weighted by atomic mass is 16.5. The van der Waals surface area contributed by atoms with Crippen molar-refractivity contribution in [2.24, 2.45) is 11.8 Å². The van der Waals surface area contributed by atoms with Crippen LogP contribution >= 0.6 is 0 Å². The van der Waals surface area contributed by atoms with Crippen molar-refractivity contribution in [2.75, 3.05) is 13.7 Å². The van der Waals surface area contributed by atoms with E-state index >= 15 is 0 Å². The van der Waals surface area contributed by atoms with Crippen molar-refractivity contribution in [1.82, 2.24) is 5.32 Å². The summed E-state index contributed by atoms with van der Waals surface area (Å²) in [4.78, 5) is 22.4. The first-order chi connectivity index (χ1) is 8.17. The van der Waals surface area contributed by atoms with Gasteiger partial charge >= 0.3 is 6.09 Å². The Balaban J connectivity index is 2.24. The molecule has 94 valence electrons. The first-order valence-electron chi connectivity index (χ1n) is 5.88. The lowest BCUT2D eigenvalue weighted by atomic mass is 9.79. The topological polar surface area (TPSA) is 79.2 Å². The number of carbonyl (C=O) groups is 2. The van der Waals surface area contributed by atoms with E-state index in [9.17, 15) is 9.59 Å². The number of ketones is 1. The van der Waals surface area contributed by atoms with Crippen LogP contribution in [0, 0.1) is 23.2 Å². The molecule has 0 unspecified atom stereocenters. The number of methoxy groups -OCH3 is 1. The fourth-order valence-corrected chi connectivity index (χ4v) is 2.21. The van der Waals surface area contributed by atoms with Crippen molar-refractivity contribution in [2.45, 2.75) is 32.1 Å². The summed E-state index contributed by atoms with van der Waals surface area (Å²) < 4.78 is 4.49. The zero-order valence-corrected chi connectivity index (χ0v) is 10.1. The summed E-state index contributed by atoms with van der Waals surface area (Å²) in [5.41, 5.74) is 0. The molecule has 0 atom stereocenters. The molecule has 0 aromatic carbocycles. The van der Waals surface area contributed by atoms with Gasteiger partial charge in [-0.3, -0.25) is 4.79 Å². The summed E-state index contributed by atoms with van der Waals surface area (Å²) in [6.07, 6.45) is 3.11. The molecule has 17 heavy (non-hydrogen) atoms. The Bertz CT molecular complexity index is 314. The molecule has 1 aliphatic rings. The molecule has 1 N–H and O–H groups in total. The largest absolute Gasteiger partial charge is 0.453 e. The molecule has 0 heterocycles. The second-order valence-electron chi connectivity index (χ2n) is 4.39. The van der Waals surface area contributed by atoms with Crippen LogP contribution in [0.1, 0.15) is 32.1 Å². The standard InChI is InChI=1S/C12H18N2O3/c1-17-12(16)14-8-9-2-4-10(5-3-9)11(15)6-7-13/h9-10H,2-6,8H2,1H3,(H,14,16). The molecule has 0 spiro atoms. The maximum Gasteiger partial charge on any atom is 0.406 e. The lowest BCUT2D eigenvalue weighted by molar-refractivity contribution is -0.123. The molecule has 0 bridgehead atoms. The first kappa shape index (κ1) is 13.5. The van der Waals surface area contributed by atoms with Gasteiger partial charge in [0.2, 0.25) is 0 Å². The van der Waals surface area contributed by atoms with Crippen LogP contribution in [-0.2, 0) is 9.53 Å². The van der Waals surface area contributed by atoms with Gasteiger partial charge in [-0.1, -0.05) is 0 Å². The number of hydrogen-bond donors (Lipinski definition) is 1. The van der Waals surface area contributed by atoms with E-state index in [2.05, 4.69) is 10.1 Å². The highest BCUT2D eigenvalue weighted by Crippen LogP contribution is 2.29. The van der Waals surface area contributed by atoms with Crippen LogP contribution in [0.25, 0.3) is 0 Å². The third-order valence-corrected chi connectivity index (χ3v) is 3.28. The third kappa shape index (κ3) is 4.43. The number of rotatable bonds is 4. The summed E-state index contributed by atoms with van der Waals surface area (Å²) >= 11 is 0. The minimum absolute atomic E-state index is 0.0236. The molecule has 0 aromatic rings. The molecule has 0 aliphatic heterocycles. The molecule has 1 amide bonds. The summed E-state index contributed by atoms with van der Waals surface area (Å²) in [6, 6.07) is 1.90. The third-order valence-electron chi connectivity index (χ3n) is 3.28. The van der Waals surface area contributed by atoms with E-state index in [0.717, 1.165) is 25.7 Å². The van der Waals surface area contributed by atoms with Gasteiger partial charge in [0.15, 0.2) is 0 Å². The van der Waals surface area contributed by atoms with Gasteiger partial charge in [-0.15, -0.1) is 0 Å². The number of nitrogens with one attached hydrogen (secondary N) is 1. The average molecular weight is 238 g/mol. The molecule has 1 fully saturated rings. The van der Waals surface area contributed by atoms with E-state index in [1.807, 2.05) is 6.07 Å². The smallest absolute Gasteiger partial charge is 0.406 e. The molecule has 0 saturated heterocycles. The van der Waals surface area contributed by atoms with E-state index in [-0.39, 0.29) is 18.1 Å². The second kappa shape index (κ2) is 6.89. The normalized spacial score (nSPS) is 23.5. The fraction of sp³-hybridized carbons (Fsp3) is 0.750. The van der Waals surface area contributed by atoms with Crippen molar-refractivity contribution in [3.63, 3.8) is 0 Å². The lowest BCUT2D eigenvalue weighted by Gasteiger charge is -2.27. The summed E-state index contributed by atoms with van der Waals surface area (Å²) in [7, 11) is 1.34. The highest BCUT2D eigenvalue weighted by Gasteiger charge is 2.25. The number of alkyl carbamates (subject to hydrolysis) is 1. The quantitative estimate of drug-likeness (QED) is 0.807. The Morgan fingerprint density at radius 1 is 1.35 bits per heavy atom. The number of hydrogen-bond acceptors (Lipinski definition) is 4. The Morgan fingerprint density at radius 3 is 2.53 bits per heavy atom. The number of carbonyl (C=O) groups excluding carboxylic acids is 2. The van der Waals surface area contributed by atoms with Crippen molar-refractivity contribution in [3.8, 4) is 6.07 Å². The number of Topliss-reactive ketones (excluding diaryl/α,β-unsaturated/α-hetero) is 1. The number of amides is 1. The van der Waals surface area contributed by atoms with Crippen LogP contribution in [0.4, 0.5) is 4.79 Å². The molecular formula is C12H18N2O3. The van der Waals surface area contributed by atoms with E-state index in [0.29, 0.717) is 12.5 Å². The minimum Gasteiger partial charge on any atom is -0.453 e. The van der Waals surface area contributed by atoms with Crippen LogP contribution in [0.3, 0.4) is 0 Å². The molecular weight excluding hydrogens is 220 g/mol. The average Bonchev–Trinajstić information content (AvgIpc) is 2.36. The van der Waals surface area contributed by atoms with E-state index < -0.39 is 6.09 Å². The van der Waals surface area contributed by atoms with Crippen LogP contribution in [-0.4, -0.2) is 25.5 Å². The van der Waals surface area contributed by atoms with Crippen LogP contribution in [0.2, 0.25) is 0 Å². The molecule has 0 aromatic heterocycles. The first-order valence-corrected chi connectivity index (χ1v) is 5.88. The van der Waals surface area contributed by atoms with Crippen LogP contribution in [0.15, 0.2) is 0 Å². The summed E-state index contributed by atoms with van der Waals surface area (Å²) in [6.45, 7) is 0.603. The van der Waals surface area contributed by atoms with Gasteiger partial charge in [0.05, 0.1) is 19.6 Å². The summed E-state index contributed by atoms with van der Waals surface area (Å²) in [5.74, 6) is 0.524. The van der Waals surface area contributed by atoms with Gasteiger partial charge in [-0.05, 0) is 31.6 Å². The maximum atomic E-state index is 11.5. The van der Waals surface area contributed by atoms with Gasteiger partial charge in [0.1, 0.15) is 5.78 Å². The Kier molecular flexibility index (Phi) is 5.47. The Labute approximate surface area is 101 Å². The number of ether oxygens (including phenoxy) is 1. The molecule has 1 rings (SSSR count). The Hall–Kier alpha value is -1.57. The minimum atomic E-state index is -0.410. The zero-order valence-electron chi connectivity index (χ0n) is 10.1. The predicted octanol–water partition coefficient (Wildman–Crippen LogP) is 1.63. The van der Waals surface area contributed by atoms with E-state index in [4.69, 9.17) is 5.26 Å². The number of nitrogens with zero attached hydrogens (tertiary/aromatic N) is 1. The van der Waals surface area contributed by atoms with E-state index in [1.54, 1.807) is 0 Å². The van der Waals surface area contributed by atoms with Crippen molar-refractivity contribution >= 4 is 11.9 Å². The maximum absolute atomic E-state index is 11.5. The fourth-order valence-electron chi connectivity index (χ4n) is 2.21. The van der Waals surface area contributed by atoms with Gasteiger partial charge in [0.25, 0.3) is 0 Å². The second-order valence-corrected chi connectivity index (χ2v) is 4.39. The highest BCUT2D eigenvalue weighted by molar-refractivity contribution is 5.82. The summed E-state index contributed by atoms with van der Waals surface area (Å²) in [5, 5.41) is 11.1. The molecule has 5 nitrogen and oxygen atoms in total. The number of nitriles is 1. The molecule has 0 radical (unpaired) electrons. The van der Waals surface area contributed by atoms with Crippen molar-refractivity contribution in [3.05, 3.63) is 0 Å². The zero-order chi connectivity index (χ0) is 12.7. The van der Waals surface area contributed by atoms with Gasteiger partial charge in [-0.25, -0.2) is 4.79 Å². The van der Waals surface area contributed by atoms with Gasteiger partial charge in [-0.2, -0.15) is 5.26 Å². The molecule has 1 aliphatic carbocycles. The van der Waals surface area contributed by atoms with Crippen LogP contribution in [0.5, 0.6) is 0 Å². The lowest BCUT2D eigenvalue weighted by Crippen LogP contribution is -2.32. The van der Waals surface area contributed by atoms with Crippen LogP contribution < -0.4 is 5.32 Å². The van der Waals surface area contributed by atoms with Crippen molar-refractivity contribution < 1.29 is 14.3 Å². The molecule has 5 heteroatoms. The van der Waals surface area contributed by atoms with Gasteiger partial charge in [0, 0.05) is 12.5 Å². The van der Waals surface area contributed by atoms with Crippen molar-refractivity contribution in [1.29, 1.82) is 5.26 Å². The van der Waals surface area contributed by atoms with Gasteiger partial charge < -0.3 is 10.1 Å².